The monoisotopic (exact) mass is 255 g/mol. The predicted molar refractivity (Wildman–Crippen MR) is 75.3 cm³/mol. The average Bonchev–Trinajstić information content (AvgIpc) is 2.38. The fraction of sp³-hybridized carbons (Fsp3) is 0.250. The first kappa shape index (κ1) is 13.3. The maximum absolute atomic E-state index is 10.9. The van der Waals surface area contributed by atoms with Crippen LogP contribution in [-0.4, -0.2) is 16.1 Å². The molecule has 1 aromatic heterocycles. The minimum Gasteiger partial charge on any atom is -0.478 e. The highest BCUT2D eigenvalue weighted by atomic mass is 16.4. The highest BCUT2D eigenvalue weighted by Gasteiger charge is 2.13. The molecular formula is C16H17NO2. The number of carboxylic acids is 1. The van der Waals surface area contributed by atoms with Gasteiger partial charge >= 0.3 is 5.97 Å². The molecule has 0 fully saturated rings. The molecule has 1 heterocycles. The fourth-order valence-electron chi connectivity index (χ4n) is 1.86. The Kier molecular flexibility index (Phi) is 3.38. The highest BCUT2D eigenvalue weighted by Crippen LogP contribution is 2.25. The maximum Gasteiger partial charge on any atom is 0.335 e. The van der Waals surface area contributed by atoms with Crippen molar-refractivity contribution >= 4 is 5.97 Å². The Balaban J connectivity index is 2.37. The van der Waals surface area contributed by atoms with Crippen LogP contribution in [-0.2, 0) is 5.41 Å². The van der Waals surface area contributed by atoms with E-state index in [9.17, 15) is 4.79 Å². The summed E-state index contributed by atoms with van der Waals surface area (Å²) in [6.07, 6.45) is 1.52. The van der Waals surface area contributed by atoms with Crippen LogP contribution in [0.4, 0.5) is 0 Å². The average molecular weight is 255 g/mol. The van der Waals surface area contributed by atoms with E-state index in [1.54, 1.807) is 6.07 Å². The lowest BCUT2D eigenvalue weighted by Crippen LogP contribution is -2.10. The molecule has 0 radical (unpaired) electrons. The summed E-state index contributed by atoms with van der Waals surface area (Å²) in [6.45, 7) is 6.47. The van der Waals surface area contributed by atoms with Crippen LogP contribution in [0.1, 0.15) is 36.7 Å². The van der Waals surface area contributed by atoms with Crippen molar-refractivity contribution in [2.75, 3.05) is 0 Å². The van der Waals surface area contributed by atoms with E-state index < -0.39 is 5.97 Å². The largest absolute Gasteiger partial charge is 0.478 e. The Morgan fingerprint density at radius 3 is 2.26 bits per heavy atom. The summed E-state index contributed by atoms with van der Waals surface area (Å²) < 4.78 is 0. The van der Waals surface area contributed by atoms with Gasteiger partial charge in [-0.3, -0.25) is 4.98 Å². The zero-order valence-corrected chi connectivity index (χ0v) is 11.3. The van der Waals surface area contributed by atoms with E-state index in [-0.39, 0.29) is 11.0 Å². The molecule has 0 saturated carbocycles. The molecule has 0 aliphatic heterocycles. The van der Waals surface area contributed by atoms with Crippen molar-refractivity contribution in [2.24, 2.45) is 0 Å². The van der Waals surface area contributed by atoms with Gasteiger partial charge in [0.1, 0.15) is 0 Å². The van der Waals surface area contributed by atoms with Crippen molar-refractivity contribution in [2.45, 2.75) is 26.2 Å². The van der Waals surface area contributed by atoms with E-state index in [0.717, 1.165) is 5.56 Å². The summed E-state index contributed by atoms with van der Waals surface area (Å²) >= 11 is 0. The van der Waals surface area contributed by atoms with E-state index in [0.29, 0.717) is 5.69 Å². The molecule has 0 unspecified atom stereocenters. The number of benzene rings is 1. The summed E-state index contributed by atoms with van der Waals surface area (Å²) in [4.78, 5) is 15.2. The zero-order valence-electron chi connectivity index (χ0n) is 11.3. The zero-order chi connectivity index (χ0) is 14.0. The number of hydrogen-bond acceptors (Lipinski definition) is 2. The molecule has 3 heteroatoms. The van der Waals surface area contributed by atoms with E-state index in [4.69, 9.17) is 5.11 Å². The fourth-order valence-corrected chi connectivity index (χ4v) is 1.86. The third-order valence-electron chi connectivity index (χ3n) is 3.05. The summed E-state index contributed by atoms with van der Waals surface area (Å²) in [6, 6.07) is 11.2. The summed E-state index contributed by atoms with van der Waals surface area (Å²) in [5.74, 6) is -0.935. The van der Waals surface area contributed by atoms with Gasteiger partial charge in [-0.2, -0.15) is 0 Å². The number of pyridine rings is 1. The highest BCUT2D eigenvalue weighted by molar-refractivity contribution is 5.88. The molecule has 2 rings (SSSR count). The second kappa shape index (κ2) is 4.84. The Labute approximate surface area is 112 Å². The van der Waals surface area contributed by atoms with Crippen LogP contribution in [0, 0.1) is 0 Å². The van der Waals surface area contributed by atoms with Gasteiger partial charge in [0.15, 0.2) is 0 Å². The molecule has 0 atom stereocenters. The molecular weight excluding hydrogens is 238 g/mol. The number of nitrogens with zero attached hydrogens (tertiary/aromatic N) is 1. The Bertz CT molecular complexity index is 595. The minimum atomic E-state index is -0.935. The smallest absolute Gasteiger partial charge is 0.335 e. The van der Waals surface area contributed by atoms with Crippen LogP contribution in [0.3, 0.4) is 0 Å². The van der Waals surface area contributed by atoms with Gasteiger partial charge in [0.05, 0.1) is 11.3 Å². The molecule has 2 aromatic rings. The lowest BCUT2D eigenvalue weighted by Gasteiger charge is -2.19. The first-order chi connectivity index (χ1) is 8.88. The molecule has 0 bridgehead atoms. The lowest BCUT2D eigenvalue weighted by molar-refractivity contribution is 0.0697. The molecule has 0 spiro atoms. The maximum atomic E-state index is 10.9. The van der Waals surface area contributed by atoms with Gasteiger partial charge in [-0.05, 0) is 23.1 Å². The van der Waals surface area contributed by atoms with Crippen molar-refractivity contribution in [3.8, 4) is 11.3 Å². The second-order valence-electron chi connectivity index (χ2n) is 5.56. The van der Waals surface area contributed by atoms with Crippen molar-refractivity contribution in [3.63, 3.8) is 0 Å². The number of rotatable bonds is 2. The van der Waals surface area contributed by atoms with Gasteiger partial charge in [0, 0.05) is 11.8 Å². The van der Waals surface area contributed by atoms with Crippen LogP contribution < -0.4 is 0 Å². The number of aromatic carboxylic acids is 1. The summed E-state index contributed by atoms with van der Waals surface area (Å²) in [5, 5.41) is 8.98. The molecule has 0 saturated heterocycles. The van der Waals surface area contributed by atoms with Crippen molar-refractivity contribution in [3.05, 3.63) is 53.7 Å². The summed E-state index contributed by atoms with van der Waals surface area (Å²) in [7, 11) is 0. The molecule has 0 aliphatic carbocycles. The van der Waals surface area contributed by atoms with E-state index >= 15 is 0 Å². The molecule has 3 nitrogen and oxygen atoms in total. The van der Waals surface area contributed by atoms with Crippen LogP contribution in [0.25, 0.3) is 11.3 Å². The van der Waals surface area contributed by atoms with Crippen molar-refractivity contribution in [1.29, 1.82) is 0 Å². The number of hydrogen-bond donors (Lipinski definition) is 1. The molecule has 1 aromatic carbocycles. The van der Waals surface area contributed by atoms with Gasteiger partial charge in [-0.15, -0.1) is 0 Å². The van der Waals surface area contributed by atoms with E-state index in [2.05, 4.69) is 37.9 Å². The molecule has 1 N–H and O–H groups in total. The van der Waals surface area contributed by atoms with Gasteiger partial charge in [-0.25, -0.2) is 4.79 Å². The van der Waals surface area contributed by atoms with Crippen LogP contribution in [0.15, 0.2) is 42.6 Å². The van der Waals surface area contributed by atoms with Gasteiger partial charge in [0.2, 0.25) is 0 Å². The van der Waals surface area contributed by atoms with Crippen molar-refractivity contribution < 1.29 is 9.90 Å². The Hall–Kier alpha value is -2.16. The first-order valence-corrected chi connectivity index (χ1v) is 6.18. The topological polar surface area (TPSA) is 50.2 Å². The van der Waals surface area contributed by atoms with Gasteiger partial charge < -0.3 is 5.11 Å². The van der Waals surface area contributed by atoms with Crippen LogP contribution in [0.5, 0.6) is 0 Å². The number of carboxylic acid groups (broad SMARTS) is 1. The minimum absolute atomic E-state index is 0.106. The Morgan fingerprint density at radius 2 is 1.74 bits per heavy atom. The molecule has 0 amide bonds. The number of carbonyl (C=O) groups is 1. The third-order valence-corrected chi connectivity index (χ3v) is 3.05. The summed E-state index contributed by atoms with van der Waals surface area (Å²) in [5.41, 5.74) is 3.21. The second-order valence-corrected chi connectivity index (χ2v) is 5.56. The lowest BCUT2D eigenvalue weighted by atomic mass is 9.86. The van der Waals surface area contributed by atoms with Crippen molar-refractivity contribution in [1.82, 2.24) is 4.98 Å². The third kappa shape index (κ3) is 2.99. The van der Waals surface area contributed by atoms with Gasteiger partial charge in [-0.1, -0.05) is 45.0 Å². The van der Waals surface area contributed by atoms with Gasteiger partial charge in [0.25, 0.3) is 0 Å². The van der Waals surface area contributed by atoms with Crippen LogP contribution >= 0.6 is 0 Å². The molecule has 98 valence electrons. The molecule has 19 heavy (non-hydrogen) atoms. The quantitative estimate of drug-likeness (QED) is 0.889. The number of aromatic nitrogens is 1. The normalized spacial score (nSPS) is 11.3. The Morgan fingerprint density at radius 1 is 1.11 bits per heavy atom. The van der Waals surface area contributed by atoms with E-state index in [1.807, 2.05) is 12.1 Å². The first-order valence-electron chi connectivity index (χ1n) is 6.18. The standard InChI is InChI=1S/C16H17NO2/c1-16(2,3)13-6-4-11(5-7-13)14-10-12(15(18)19)8-9-17-14/h4-10H,1-3H3,(H,18,19). The SMILES string of the molecule is CC(C)(C)c1ccc(-c2cc(C(=O)O)ccn2)cc1. The van der Waals surface area contributed by atoms with E-state index in [1.165, 1.54) is 17.8 Å². The molecule has 0 aliphatic rings. The predicted octanol–water partition coefficient (Wildman–Crippen LogP) is 3.74. The van der Waals surface area contributed by atoms with Crippen LogP contribution in [0.2, 0.25) is 0 Å².